The van der Waals surface area contributed by atoms with Gasteiger partial charge in [-0.3, -0.25) is 9.48 Å². The standard InChI is InChI=1S/C13H20N4O/c18-13(7-11-3-1-2-4-11)16-8-12(9-16)10-17-6-5-14-15-17/h5-6,11-12H,1-4,7-10H2. The highest BCUT2D eigenvalue weighted by Crippen LogP contribution is 2.29. The Balaban J connectivity index is 1.40. The first-order chi connectivity index (χ1) is 8.81. The highest BCUT2D eigenvalue weighted by atomic mass is 16.2. The summed E-state index contributed by atoms with van der Waals surface area (Å²) in [5, 5.41) is 7.74. The summed E-state index contributed by atoms with van der Waals surface area (Å²) in [5.41, 5.74) is 0. The topological polar surface area (TPSA) is 51.0 Å². The number of carbonyl (C=O) groups excluding carboxylic acids is 1. The van der Waals surface area contributed by atoms with Gasteiger partial charge in [0.1, 0.15) is 0 Å². The van der Waals surface area contributed by atoms with Gasteiger partial charge in [0.05, 0.1) is 6.20 Å². The molecule has 3 rings (SSSR count). The molecule has 1 saturated carbocycles. The van der Waals surface area contributed by atoms with Gasteiger partial charge in [-0.25, -0.2) is 0 Å². The van der Waals surface area contributed by atoms with Gasteiger partial charge in [-0.1, -0.05) is 18.1 Å². The summed E-state index contributed by atoms with van der Waals surface area (Å²) in [6.45, 7) is 2.67. The lowest BCUT2D eigenvalue weighted by Gasteiger charge is -2.39. The molecule has 1 aliphatic carbocycles. The third-order valence-electron chi connectivity index (χ3n) is 4.17. The van der Waals surface area contributed by atoms with Crippen LogP contribution in [-0.2, 0) is 11.3 Å². The zero-order valence-electron chi connectivity index (χ0n) is 10.7. The van der Waals surface area contributed by atoms with Crippen molar-refractivity contribution in [3.63, 3.8) is 0 Å². The average molecular weight is 248 g/mol. The average Bonchev–Trinajstić information content (AvgIpc) is 2.94. The second-order valence-corrected chi connectivity index (χ2v) is 5.64. The molecular formula is C13H20N4O. The molecule has 1 aliphatic heterocycles. The van der Waals surface area contributed by atoms with E-state index in [0.717, 1.165) is 26.1 Å². The Labute approximate surface area is 107 Å². The van der Waals surface area contributed by atoms with Crippen LogP contribution in [-0.4, -0.2) is 38.9 Å². The van der Waals surface area contributed by atoms with E-state index in [2.05, 4.69) is 10.3 Å². The van der Waals surface area contributed by atoms with Gasteiger partial charge in [0.15, 0.2) is 0 Å². The Morgan fingerprint density at radius 1 is 1.22 bits per heavy atom. The van der Waals surface area contributed by atoms with Crippen molar-refractivity contribution in [1.82, 2.24) is 19.9 Å². The molecule has 1 aromatic rings. The zero-order chi connectivity index (χ0) is 12.4. The molecule has 0 aromatic carbocycles. The van der Waals surface area contributed by atoms with Gasteiger partial charge >= 0.3 is 0 Å². The predicted octanol–water partition coefficient (Wildman–Crippen LogP) is 1.32. The van der Waals surface area contributed by atoms with Gasteiger partial charge in [0.25, 0.3) is 0 Å². The van der Waals surface area contributed by atoms with Gasteiger partial charge in [-0.2, -0.15) is 0 Å². The maximum Gasteiger partial charge on any atom is 0.222 e. The largest absolute Gasteiger partial charge is 0.342 e. The number of carbonyl (C=O) groups is 1. The van der Waals surface area contributed by atoms with Crippen molar-refractivity contribution in [1.29, 1.82) is 0 Å². The van der Waals surface area contributed by atoms with Gasteiger partial charge in [-0.05, 0) is 18.8 Å². The molecule has 0 atom stereocenters. The summed E-state index contributed by atoms with van der Waals surface area (Å²) in [5.74, 6) is 1.57. The van der Waals surface area contributed by atoms with Gasteiger partial charge < -0.3 is 4.90 Å². The molecule has 0 bridgehead atoms. The summed E-state index contributed by atoms with van der Waals surface area (Å²) < 4.78 is 1.85. The third-order valence-corrected chi connectivity index (χ3v) is 4.17. The van der Waals surface area contributed by atoms with E-state index in [1.807, 2.05) is 15.8 Å². The first-order valence-electron chi connectivity index (χ1n) is 6.93. The molecule has 2 heterocycles. The Morgan fingerprint density at radius 2 is 2.00 bits per heavy atom. The number of hydrogen-bond donors (Lipinski definition) is 0. The van der Waals surface area contributed by atoms with Crippen molar-refractivity contribution in [2.75, 3.05) is 13.1 Å². The monoisotopic (exact) mass is 248 g/mol. The van der Waals surface area contributed by atoms with E-state index >= 15 is 0 Å². The number of nitrogens with zero attached hydrogens (tertiary/aromatic N) is 4. The highest BCUT2D eigenvalue weighted by molar-refractivity contribution is 5.77. The van der Waals surface area contributed by atoms with Crippen LogP contribution in [0.25, 0.3) is 0 Å². The van der Waals surface area contributed by atoms with Crippen molar-refractivity contribution in [2.45, 2.75) is 38.6 Å². The highest BCUT2D eigenvalue weighted by Gasteiger charge is 2.32. The Morgan fingerprint density at radius 3 is 2.67 bits per heavy atom. The fourth-order valence-corrected chi connectivity index (χ4v) is 3.07. The van der Waals surface area contributed by atoms with Crippen LogP contribution in [0.3, 0.4) is 0 Å². The van der Waals surface area contributed by atoms with Crippen molar-refractivity contribution >= 4 is 5.91 Å². The molecule has 1 aromatic heterocycles. The number of likely N-dealkylation sites (tertiary alicyclic amines) is 1. The number of rotatable bonds is 4. The Kier molecular flexibility index (Phi) is 3.30. The summed E-state index contributed by atoms with van der Waals surface area (Å²) in [6.07, 6.45) is 9.48. The summed E-state index contributed by atoms with van der Waals surface area (Å²) in [7, 11) is 0. The maximum atomic E-state index is 12.0. The molecule has 98 valence electrons. The van der Waals surface area contributed by atoms with Crippen LogP contribution >= 0.6 is 0 Å². The summed E-state index contributed by atoms with van der Waals surface area (Å²) in [6, 6.07) is 0. The van der Waals surface area contributed by atoms with E-state index in [4.69, 9.17) is 0 Å². The minimum Gasteiger partial charge on any atom is -0.342 e. The number of amides is 1. The smallest absolute Gasteiger partial charge is 0.222 e. The summed E-state index contributed by atoms with van der Waals surface area (Å²) >= 11 is 0. The van der Waals surface area contributed by atoms with E-state index in [1.165, 1.54) is 25.7 Å². The van der Waals surface area contributed by atoms with E-state index in [0.29, 0.717) is 17.7 Å². The number of hydrogen-bond acceptors (Lipinski definition) is 3. The van der Waals surface area contributed by atoms with E-state index in [9.17, 15) is 4.79 Å². The molecule has 5 heteroatoms. The molecule has 5 nitrogen and oxygen atoms in total. The fourth-order valence-electron chi connectivity index (χ4n) is 3.07. The molecule has 2 aliphatic rings. The molecule has 0 spiro atoms. The lowest BCUT2D eigenvalue weighted by molar-refractivity contribution is -0.138. The molecular weight excluding hydrogens is 228 g/mol. The van der Waals surface area contributed by atoms with Crippen molar-refractivity contribution in [3.8, 4) is 0 Å². The van der Waals surface area contributed by atoms with E-state index in [-0.39, 0.29) is 0 Å². The second-order valence-electron chi connectivity index (χ2n) is 5.64. The number of aromatic nitrogens is 3. The van der Waals surface area contributed by atoms with Crippen LogP contribution in [0.2, 0.25) is 0 Å². The Hall–Kier alpha value is -1.39. The van der Waals surface area contributed by atoms with E-state index < -0.39 is 0 Å². The summed E-state index contributed by atoms with van der Waals surface area (Å²) in [4.78, 5) is 14.0. The third kappa shape index (κ3) is 2.54. The molecule has 0 N–H and O–H groups in total. The van der Waals surface area contributed by atoms with Crippen LogP contribution < -0.4 is 0 Å². The Bertz CT molecular complexity index is 391. The molecule has 1 saturated heterocycles. The SMILES string of the molecule is O=C(CC1CCCC1)N1CC(Cn2ccnn2)C1. The molecule has 2 fully saturated rings. The van der Waals surface area contributed by atoms with Crippen LogP contribution in [0.4, 0.5) is 0 Å². The van der Waals surface area contributed by atoms with Crippen molar-refractivity contribution in [3.05, 3.63) is 12.4 Å². The minimum absolute atomic E-state index is 0.358. The lowest BCUT2D eigenvalue weighted by Crippen LogP contribution is -2.51. The van der Waals surface area contributed by atoms with E-state index in [1.54, 1.807) is 6.20 Å². The van der Waals surface area contributed by atoms with Crippen LogP contribution in [0.15, 0.2) is 12.4 Å². The first kappa shape index (κ1) is 11.7. The first-order valence-corrected chi connectivity index (χ1v) is 6.93. The normalized spacial score (nSPS) is 21.2. The predicted molar refractivity (Wildman–Crippen MR) is 66.7 cm³/mol. The van der Waals surface area contributed by atoms with Crippen LogP contribution in [0.1, 0.15) is 32.1 Å². The molecule has 0 radical (unpaired) electrons. The molecule has 0 unspecified atom stereocenters. The maximum absolute atomic E-state index is 12.0. The molecule has 18 heavy (non-hydrogen) atoms. The molecule has 1 amide bonds. The van der Waals surface area contributed by atoms with Crippen molar-refractivity contribution in [2.24, 2.45) is 11.8 Å². The second kappa shape index (κ2) is 5.08. The minimum atomic E-state index is 0.358. The van der Waals surface area contributed by atoms with Gasteiger partial charge in [-0.15, -0.1) is 5.10 Å². The van der Waals surface area contributed by atoms with Gasteiger partial charge in [0.2, 0.25) is 5.91 Å². The van der Waals surface area contributed by atoms with Gasteiger partial charge in [0, 0.05) is 38.2 Å². The van der Waals surface area contributed by atoms with Crippen molar-refractivity contribution < 1.29 is 4.79 Å². The fraction of sp³-hybridized carbons (Fsp3) is 0.769. The van der Waals surface area contributed by atoms with Crippen LogP contribution in [0, 0.1) is 11.8 Å². The lowest BCUT2D eigenvalue weighted by atomic mass is 9.97. The van der Waals surface area contributed by atoms with Crippen LogP contribution in [0.5, 0.6) is 0 Å². The zero-order valence-corrected chi connectivity index (χ0v) is 10.7. The quantitative estimate of drug-likeness (QED) is 0.807.